The molecule has 4 nitrogen and oxygen atoms in total. The van der Waals surface area contributed by atoms with Crippen LogP contribution in [0.3, 0.4) is 0 Å². The molecule has 0 spiro atoms. The Morgan fingerprint density at radius 2 is 1.92 bits per heavy atom. The molecule has 0 aromatic heterocycles. The van der Waals surface area contributed by atoms with Crippen LogP contribution in [-0.2, 0) is 14.3 Å². The van der Waals surface area contributed by atoms with E-state index in [-0.39, 0.29) is 18.6 Å². The first kappa shape index (κ1) is 11.1. The van der Waals surface area contributed by atoms with Crippen molar-refractivity contribution in [3.05, 3.63) is 0 Å². The normalized spacial score (nSPS) is 15.0. The van der Waals surface area contributed by atoms with Crippen molar-refractivity contribution in [2.75, 3.05) is 7.11 Å². The number of ether oxygens (including phenoxy) is 1. The minimum atomic E-state index is -1.28. The zero-order valence-corrected chi connectivity index (χ0v) is 7.59. The highest BCUT2D eigenvalue weighted by atomic mass is 16.5. The van der Waals surface area contributed by atoms with E-state index in [1.54, 1.807) is 0 Å². The lowest BCUT2D eigenvalue weighted by atomic mass is 9.96. The summed E-state index contributed by atoms with van der Waals surface area (Å²) in [6, 6.07) is 0. The summed E-state index contributed by atoms with van der Waals surface area (Å²) >= 11 is 0. The number of methoxy groups -OCH3 is 1. The molecular weight excluding hydrogens is 160 g/mol. The van der Waals surface area contributed by atoms with Crippen molar-refractivity contribution in [2.45, 2.75) is 32.3 Å². The predicted octanol–water partition coefficient (Wildman–Crippen LogP) is 0.280. The smallest absolute Gasteiger partial charge is 0.308 e. The van der Waals surface area contributed by atoms with Crippen molar-refractivity contribution in [1.29, 1.82) is 0 Å². The van der Waals surface area contributed by atoms with Crippen LogP contribution < -0.4 is 0 Å². The van der Waals surface area contributed by atoms with Crippen molar-refractivity contribution >= 4 is 11.8 Å². The Hall–Kier alpha value is -0.900. The van der Waals surface area contributed by atoms with Gasteiger partial charge in [0.25, 0.3) is 0 Å². The SMILES string of the molecule is COC(=O)C[C@@](C)(O)CC(C)=O. The molecule has 0 rings (SSSR count). The minimum absolute atomic E-state index is 0.0257. The maximum Gasteiger partial charge on any atom is 0.308 e. The summed E-state index contributed by atoms with van der Waals surface area (Å²) in [7, 11) is 1.24. The molecule has 0 saturated heterocycles. The van der Waals surface area contributed by atoms with Crippen LogP contribution >= 0.6 is 0 Å². The van der Waals surface area contributed by atoms with Crippen LogP contribution in [0.2, 0.25) is 0 Å². The number of aliphatic hydroxyl groups is 1. The van der Waals surface area contributed by atoms with E-state index in [1.165, 1.54) is 21.0 Å². The quantitative estimate of drug-likeness (QED) is 0.622. The lowest BCUT2D eigenvalue weighted by Gasteiger charge is -2.19. The van der Waals surface area contributed by atoms with E-state index in [0.29, 0.717) is 0 Å². The van der Waals surface area contributed by atoms with Gasteiger partial charge in [-0.1, -0.05) is 0 Å². The highest BCUT2D eigenvalue weighted by molar-refractivity contribution is 5.78. The predicted molar refractivity (Wildman–Crippen MR) is 42.6 cm³/mol. The zero-order chi connectivity index (χ0) is 9.78. The minimum Gasteiger partial charge on any atom is -0.469 e. The van der Waals surface area contributed by atoms with Gasteiger partial charge in [0.2, 0.25) is 0 Å². The van der Waals surface area contributed by atoms with Crippen LogP contribution in [0.4, 0.5) is 0 Å². The zero-order valence-electron chi connectivity index (χ0n) is 7.59. The molecule has 0 amide bonds. The van der Waals surface area contributed by atoms with Crippen molar-refractivity contribution < 1.29 is 19.4 Å². The van der Waals surface area contributed by atoms with E-state index in [9.17, 15) is 14.7 Å². The van der Waals surface area contributed by atoms with Crippen LogP contribution in [0.1, 0.15) is 26.7 Å². The Balaban J connectivity index is 4.03. The summed E-state index contributed by atoms with van der Waals surface area (Å²) in [4.78, 5) is 21.3. The number of esters is 1. The van der Waals surface area contributed by atoms with Crippen molar-refractivity contribution in [3.8, 4) is 0 Å². The monoisotopic (exact) mass is 174 g/mol. The average molecular weight is 174 g/mol. The first-order valence-electron chi connectivity index (χ1n) is 3.66. The number of carbonyl (C=O) groups excluding carboxylic acids is 2. The van der Waals surface area contributed by atoms with Gasteiger partial charge in [0.05, 0.1) is 19.1 Å². The fourth-order valence-corrected chi connectivity index (χ4v) is 0.982. The molecule has 4 heteroatoms. The Labute approximate surface area is 71.5 Å². The van der Waals surface area contributed by atoms with Crippen LogP contribution in [0, 0.1) is 0 Å². The van der Waals surface area contributed by atoms with Gasteiger partial charge < -0.3 is 9.84 Å². The van der Waals surface area contributed by atoms with Gasteiger partial charge in [-0.3, -0.25) is 9.59 Å². The van der Waals surface area contributed by atoms with E-state index in [4.69, 9.17) is 0 Å². The average Bonchev–Trinajstić information content (AvgIpc) is 1.83. The largest absolute Gasteiger partial charge is 0.469 e. The molecule has 0 radical (unpaired) electrons. The molecule has 0 saturated carbocycles. The second-order valence-electron chi connectivity index (χ2n) is 3.13. The highest BCUT2D eigenvalue weighted by Crippen LogP contribution is 2.15. The van der Waals surface area contributed by atoms with Gasteiger partial charge in [-0.2, -0.15) is 0 Å². The number of carbonyl (C=O) groups is 2. The van der Waals surface area contributed by atoms with Gasteiger partial charge in [0.1, 0.15) is 5.78 Å². The van der Waals surface area contributed by atoms with Gasteiger partial charge in [-0.05, 0) is 13.8 Å². The molecule has 0 heterocycles. The van der Waals surface area contributed by atoms with Crippen molar-refractivity contribution in [2.24, 2.45) is 0 Å². The first-order valence-corrected chi connectivity index (χ1v) is 3.66. The molecule has 1 atom stereocenters. The second kappa shape index (κ2) is 4.21. The summed E-state index contributed by atoms with van der Waals surface area (Å²) in [6.07, 6.45) is -0.175. The van der Waals surface area contributed by atoms with Crippen LogP contribution in [0.25, 0.3) is 0 Å². The lowest BCUT2D eigenvalue weighted by molar-refractivity contribution is -0.146. The third kappa shape index (κ3) is 4.85. The second-order valence-corrected chi connectivity index (χ2v) is 3.13. The van der Waals surface area contributed by atoms with E-state index in [2.05, 4.69) is 4.74 Å². The van der Waals surface area contributed by atoms with Crippen LogP contribution in [0.5, 0.6) is 0 Å². The highest BCUT2D eigenvalue weighted by Gasteiger charge is 2.26. The number of rotatable bonds is 4. The molecule has 0 aliphatic carbocycles. The lowest BCUT2D eigenvalue weighted by Crippen LogP contribution is -2.30. The maximum absolute atomic E-state index is 10.7. The van der Waals surface area contributed by atoms with E-state index in [0.717, 1.165) is 0 Å². The van der Waals surface area contributed by atoms with Crippen LogP contribution in [-0.4, -0.2) is 29.6 Å². The van der Waals surface area contributed by atoms with Gasteiger partial charge in [-0.15, -0.1) is 0 Å². The standard InChI is InChI=1S/C8H14O4/c1-6(9)4-8(2,11)5-7(10)12-3/h11H,4-5H2,1-3H3/t8-/m0/s1. The third-order valence-electron chi connectivity index (χ3n) is 1.38. The number of ketones is 1. The number of Topliss-reactive ketones (excluding diaryl/α,β-unsaturated/α-hetero) is 1. The molecule has 1 N–H and O–H groups in total. The third-order valence-corrected chi connectivity index (χ3v) is 1.38. The number of hydrogen-bond donors (Lipinski definition) is 1. The molecule has 12 heavy (non-hydrogen) atoms. The summed E-state index contributed by atoms with van der Waals surface area (Å²) in [6.45, 7) is 2.80. The Morgan fingerprint density at radius 3 is 2.25 bits per heavy atom. The van der Waals surface area contributed by atoms with Gasteiger partial charge in [-0.25, -0.2) is 0 Å². The molecule has 0 aliphatic heterocycles. The molecular formula is C8H14O4. The Kier molecular flexibility index (Phi) is 3.89. The molecule has 0 aliphatic rings. The van der Waals surface area contributed by atoms with Gasteiger partial charge in [0.15, 0.2) is 0 Å². The van der Waals surface area contributed by atoms with Crippen LogP contribution in [0.15, 0.2) is 0 Å². The molecule has 0 aromatic carbocycles. The fourth-order valence-electron chi connectivity index (χ4n) is 0.982. The summed E-state index contributed by atoms with van der Waals surface area (Å²) in [5.74, 6) is -0.662. The van der Waals surface area contributed by atoms with Crippen molar-refractivity contribution in [3.63, 3.8) is 0 Å². The Morgan fingerprint density at radius 1 is 1.42 bits per heavy atom. The summed E-state index contributed by atoms with van der Waals surface area (Å²) in [5, 5.41) is 9.46. The summed E-state index contributed by atoms with van der Waals surface area (Å²) in [5.41, 5.74) is -1.28. The van der Waals surface area contributed by atoms with E-state index in [1.807, 2.05) is 0 Å². The number of hydrogen-bond acceptors (Lipinski definition) is 4. The van der Waals surface area contributed by atoms with E-state index >= 15 is 0 Å². The molecule has 0 fully saturated rings. The Bertz CT molecular complexity index is 183. The topological polar surface area (TPSA) is 63.6 Å². The molecule has 0 bridgehead atoms. The molecule has 0 aromatic rings. The summed E-state index contributed by atoms with van der Waals surface area (Å²) < 4.78 is 4.36. The molecule has 70 valence electrons. The fraction of sp³-hybridized carbons (Fsp3) is 0.750. The van der Waals surface area contributed by atoms with Gasteiger partial charge in [0, 0.05) is 6.42 Å². The molecule has 0 unspecified atom stereocenters. The van der Waals surface area contributed by atoms with Crippen molar-refractivity contribution in [1.82, 2.24) is 0 Å². The van der Waals surface area contributed by atoms with E-state index < -0.39 is 11.6 Å². The maximum atomic E-state index is 10.7. The van der Waals surface area contributed by atoms with Gasteiger partial charge >= 0.3 is 5.97 Å². The first-order chi connectivity index (χ1) is 5.37.